The van der Waals surface area contributed by atoms with E-state index in [2.05, 4.69) is 27.3 Å². The number of benzene rings is 2. The van der Waals surface area contributed by atoms with Crippen LogP contribution in [0.1, 0.15) is 5.56 Å². The maximum Gasteiger partial charge on any atom is 0.282 e. The molecule has 0 radical (unpaired) electrons. The van der Waals surface area contributed by atoms with Crippen LogP contribution in [-0.4, -0.2) is 4.92 Å². The van der Waals surface area contributed by atoms with Crippen molar-refractivity contribution in [2.45, 2.75) is 0 Å². The Kier molecular flexibility index (Phi) is 4.57. The van der Waals surface area contributed by atoms with E-state index in [1.807, 2.05) is 28.7 Å². The lowest BCUT2D eigenvalue weighted by atomic mass is 10.2. The van der Waals surface area contributed by atoms with Gasteiger partial charge in [0, 0.05) is 16.2 Å². The molecular formula is C13H7BrIN3O2. The lowest BCUT2D eigenvalue weighted by Crippen LogP contribution is -1.96. The van der Waals surface area contributed by atoms with E-state index in [9.17, 15) is 10.1 Å². The fraction of sp³-hybridized carbons (Fsp3) is 0. The number of nitriles is 1. The zero-order valence-corrected chi connectivity index (χ0v) is 13.7. The van der Waals surface area contributed by atoms with E-state index < -0.39 is 4.92 Å². The van der Waals surface area contributed by atoms with E-state index in [1.165, 1.54) is 6.07 Å². The molecular weight excluding hydrogens is 437 g/mol. The number of anilines is 2. The summed E-state index contributed by atoms with van der Waals surface area (Å²) in [5.41, 5.74) is 1.90. The third kappa shape index (κ3) is 3.26. The van der Waals surface area contributed by atoms with Gasteiger partial charge in [-0.3, -0.25) is 10.1 Å². The number of nitrogens with one attached hydrogen (secondary N) is 1. The monoisotopic (exact) mass is 443 g/mol. The number of halogens is 2. The highest BCUT2D eigenvalue weighted by Gasteiger charge is 2.12. The first-order valence-corrected chi connectivity index (χ1v) is 7.29. The van der Waals surface area contributed by atoms with Crippen LogP contribution in [0.4, 0.5) is 17.1 Å². The Labute approximate surface area is 137 Å². The van der Waals surface area contributed by atoms with Gasteiger partial charge in [0.1, 0.15) is 6.07 Å². The summed E-state index contributed by atoms with van der Waals surface area (Å²) >= 11 is 5.22. The quantitative estimate of drug-likeness (QED) is 0.428. The second kappa shape index (κ2) is 6.19. The first kappa shape index (κ1) is 14.7. The zero-order chi connectivity index (χ0) is 14.7. The van der Waals surface area contributed by atoms with Crippen LogP contribution in [0.15, 0.2) is 40.9 Å². The van der Waals surface area contributed by atoms with Crippen molar-refractivity contribution in [2.24, 2.45) is 0 Å². The molecule has 0 fully saturated rings. The van der Waals surface area contributed by atoms with Crippen LogP contribution in [0, 0.1) is 25.0 Å². The van der Waals surface area contributed by atoms with E-state index in [-0.39, 0.29) is 5.69 Å². The number of rotatable bonds is 3. The fourth-order valence-corrected chi connectivity index (χ4v) is 2.68. The highest BCUT2D eigenvalue weighted by atomic mass is 127. The van der Waals surface area contributed by atoms with Crippen molar-refractivity contribution in [1.82, 2.24) is 0 Å². The molecule has 0 aromatic heterocycles. The number of nitro groups is 1. The summed E-state index contributed by atoms with van der Waals surface area (Å²) in [7, 11) is 0. The lowest BCUT2D eigenvalue weighted by Gasteiger charge is -2.09. The van der Waals surface area contributed by atoms with E-state index in [1.54, 1.807) is 24.3 Å². The normalized spacial score (nSPS) is 9.85. The van der Waals surface area contributed by atoms with Crippen LogP contribution in [0.5, 0.6) is 0 Å². The summed E-state index contributed by atoms with van der Waals surface area (Å²) in [5.74, 6) is 0. The van der Waals surface area contributed by atoms with Crippen LogP contribution < -0.4 is 5.32 Å². The van der Waals surface area contributed by atoms with E-state index in [0.29, 0.717) is 20.5 Å². The molecule has 0 saturated carbocycles. The Morgan fingerprint density at radius 1 is 1.30 bits per heavy atom. The van der Waals surface area contributed by atoms with Crippen molar-refractivity contribution in [3.8, 4) is 6.07 Å². The minimum atomic E-state index is -0.425. The molecule has 2 aromatic carbocycles. The first-order chi connectivity index (χ1) is 9.51. The predicted octanol–water partition coefficient (Wildman–Crippen LogP) is 4.58. The van der Waals surface area contributed by atoms with Gasteiger partial charge in [0.25, 0.3) is 5.69 Å². The number of hydrogen-bond acceptors (Lipinski definition) is 4. The van der Waals surface area contributed by atoms with Gasteiger partial charge < -0.3 is 5.32 Å². The molecule has 20 heavy (non-hydrogen) atoms. The molecule has 1 N–H and O–H groups in total. The van der Waals surface area contributed by atoms with Crippen molar-refractivity contribution in [3.63, 3.8) is 0 Å². The Balaban J connectivity index is 2.34. The van der Waals surface area contributed by atoms with Gasteiger partial charge in [0.2, 0.25) is 0 Å². The molecule has 0 heterocycles. The molecule has 0 aliphatic heterocycles. The lowest BCUT2D eigenvalue weighted by molar-refractivity contribution is -0.385. The number of nitro benzene ring substituents is 1. The topological polar surface area (TPSA) is 79.0 Å². The standard InChI is InChI=1S/C13H7BrIN3O2/c14-9-1-3-12(8(5-9)7-16)17-10-2-4-13(18(19)20)11(15)6-10/h1-6,17H. The number of hydrogen-bond donors (Lipinski definition) is 1. The van der Waals surface area contributed by atoms with Crippen LogP contribution in [0.2, 0.25) is 0 Å². The molecule has 0 aliphatic carbocycles. The molecule has 0 saturated heterocycles. The average molecular weight is 444 g/mol. The molecule has 7 heteroatoms. The summed E-state index contributed by atoms with van der Waals surface area (Å²) in [5, 5.41) is 22.9. The zero-order valence-electron chi connectivity index (χ0n) is 9.93. The van der Waals surface area contributed by atoms with Gasteiger partial charge in [-0.05, 0) is 52.9 Å². The molecule has 0 bridgehead atoms. The molecule has 0 atom stereocenters. The molecule has 0 amide bonds. The molecule has 2 aromatic rings. The SMILES string of the molecule is N#Cc1cc(Br)ccc1Nc1ccc([N+](=O)[O-])c(I)c1. The fourth-order valence-electron chi connectivity index (χ4n) is 1.61. The molecule has 2 rings (SSSR count). The minimum Gasteiger partial charge on any atom is -0.354 e. The molecule has 0 unspecified atom stereocenters. The van der Waals surface area contributed by atoms with Crippen LogP contribution in [-0.2, 0) is 0 Å². The smallest absolute Gasteiger partial charge is 0.282 e. The van der Waals surface area contributed by atoms with Gasteiger partial charge in [0.15, 0.2) is 0 Å². The Morgan fingerprint density at radius 2 is 2.05 bits per heavy atom. The van der Waals surface area contributed by atoms with E-state index in [4.69, 9.17) is 5.26 Å². The van der Waals surface area contributed by atoms with Gasteiger partial charge in [-0.25, -0.2) is 0 Å². The van der Waals surface area contributed by atoms with Gasteiger partial charge in [-0.1, -0.05) is 15.9 Å². The molecule has 100 valence electrons. The molecule has 0 aliphatic rings. The average Bonchev–Trinajstić information content (AvgIpc) is 2.40. The molecule has 5 nitrogen and oxygen atoms in total. The Bertz CT molecular complexity index is 728. The Morgan fingerprint density at radius 3 is 2.65 bits per heavy atom. The summed E-state index contributed by atoms with van der Waals surface area (Å²) in [6, 6.07) is 12.1. The summed E-state index contributed by atoms with van der Waals surface area (Å²) in [6.07, 6.45) is 0. The number of nitrogens with zero attached hydrogens (tertiary/aromatic N) is 2. The van der Waals surface area contributed by atoms with Crippen molar-refractivity contribution in [2.75, 3.05) is 5.32 Å². The van der Waals surface area contributed by atoms with Gasteiger partial charge in [0.05, 0.1) is 19.7 Å². The highest BCUT2D eigenvalue weighted by Crippen LogP contribution is 2.28. The van der Waals surface area contributed by atoms with Crippen molar-refractivity contribution in [3.05, 3.63) is 60.1 Å². The third-order valence-corrected chi connectivity index (χ3v) is 3.88. The highest BCUT2D eigenvalue weighted by molar-refractivity contribution is 14.1. The minimum absolute atomic E-state index is 0.0625. The van der Waals surface area contributed by atoms with Crippen molar-refractivity contribution < 1.29 is 4.92 Å². The third-order valence-electron chi connectivity index (χ3n) is 2.53. The van der Waals surface area contributed by atoms with Crippen molar-refractivity contribution >= 4 is 55.6 Å². The van der Waals surface area contributed by atoms with Gasteiger partial charge >= 0.3 is 0 Å². The first-order valence-electron chi connectivity index (χ1n) is 5.42. The van der Waals surface area contributed by atoms with Crippen LogP contribution in [0.25, 0.3) is 0 Å². The summed E-state index contributed by atoms with van der Waals surface area (Å²) in [4.78, 5) is 10.3. The maximum absolute atomic E-state index is 10.8. The van der Waals surface area contributed by atoms with Crippen LogP contribution in [0.3, 0.4) is 0 Å². The van der Waals surface area contributed by atoms with E-state index in [0.717, 1.165) is 4.47 Å². The second-order valence-corrected chi connectivity index (χ2v) is 5.93. The van der Waals surface area contributed by atoms with Crippen LogP contribution >= 0.6 is 38.5 Å². The summed E-state index contributed by atoms with van der Waals surface area (Å²) < 4.78 is 1.35. The van der Waals surface area contributed by atoms with Gasteiger partial charge in [-0.2, -0.15) is 5.26 Å². The maximum atomic E-state index is 10.8. The summed E-state index contributed by atoms with van der Waals surface area (Å²) in [6.45, 7) is 0. The Hall–Kier alpha value is -1.66. The largest absolute Gasteiger partial charge is 0.354 e. The molecule has 0 spiro atoms. The van der Waals surface area contributed by atoms with Gasteiger partial charge in [-0.15, -0.1) is 0 Å². The van der Waals surface area contributed by atoms with Crippen molar-refractivity contribution in [1.29, 1.82) is 5.26 Å². The predicted molar refractivity (Wildman–Crippen MR) is 88.0 cm³/mol. The van der Waals surface area contributed by atoms with E-state index >= 15 is 0 Å². The second-order valence-electron chi connectivity index (χ2n) is 3.85.